The third-order valence-electron chi connectivity index (χ3n) is 4.15. The number of nitrogens with zero attached hydrogens (tertiary/aromatic N) is 3. The summed E-state index contributed by atoms with van der Waals surface area (Å²) < 4.78 is 5.06. The number of piperidine rings is 1. The molecule has 1 amide bonds. The molecule has 1 aliphatic rings. The number of aryl methyl sites for hydroxylation is 2. The SMILES string of the molecule is CCNC(=NCc1nc(C)c(C)s1)NC1CCN(C(=O)OCC)CC1. The van der Waals surface area contributed by atoms with Gasteiger partial charge in [-0.05, 0) is 40.5 Å². The quantitative estimate of drug-likeness (QED) is 0.617. The minimum atomic E-state index is -0.212. The van der Waals surface area contributed by atoms with E-state index < -0.39 is 0 Å². The van der Waals surface area contributed by atoms with Crippen molar-refractivity contribution in [3.63, 3.8) is 0 Å². The molecule has 8 heteroatoms. The zero-order valence-corrected chi connectivity index (χ0v) is 16.4. The van der Waals surface area contributed by atoms with Crippen molar-refractivity contribution in [3.05, 3.63) is 15.6 Å². The smallest absolute Gasteiger partial charge is 0.409 e. The van der Waals surface area contributed by atoms with Crippen LogP contribution in [-0.4, -0.2) is 54.2 Å². The van der Waals surface area contributed by atoms with E-state index in [-0.39, 0.29) is 6.09 Å². The molecule has 0 radical (unpaired) electrons. The third kappa shape index (κ3) is 5.88. The average molecular weight is 368 g/mol. The standard InChI is InChI=1S/C17H29N5O2S/c1-5-18-16(19-11-15-20-12(3)13(4)25-15)21-14-7-9-22(10-8-14)17(23)24-6-2/h14H,5-11H2,1-4H3,(H2,18,19,21). The fourth-order valence-corrected chi connectivity index (χ4v) is 3.55. The van der Waals surface area contributed by atoms with Crippen molar-refractivity contribution >= 4 is 23.4 Å². The van der Waals surface area contributed by atoms with E-state index in [2.05, 4.69) is 34.5 Å². The van der Waals surface area contributed by atoms with E-state index in [9.17, 15) is 4.79 Å². The molecule has 2 N–H and O–H groups in total. The van der Waals surface area contributed by atoms with Gasteiger partial charge in [-0.15, -0.1) is 11.3 Å². The van der Waals surface area contributed by atoms with Gasteiger partial charge in [0, 0.05) is 30.6 Å². The number of carbonyl (C=O) groups excluding carboxylic acids is 1. The van der Waals surface area contributed by atoms with Crippen molar-refractivity contribution in [1.82, 2.24) is 20.5 Å². The summed E-state index contributed by atoms with van der Waals surface area (Å²) in [5.41, 5.74) is 1.08. The highest BCUT2D eigenvalue weighted by Crippen LogP contribution is 2.17. The number of ether oxygens (including phenoxy) is 1. The molecule has 1 fully saturated rings. The van der Waals surface area contributed by atoms with Crippen molar-refractivity contribution in [2.24, 2.45) is 4.99 Å². The van der Waals surface area contributed by atoms with Crippen molar-refractivity contribution in [2.75, 3.05) is 26.2 Å². The van der Waals surface area contributed by atoms with Gasteiger partial charge in [0.2, 0.25) is 0 Å². The van der Waals surface area contributed by atoms with E-state index in [1.807, 2.05) is 13.8 Å². The number of aromatic nitrogens is 1. The third-order valence-corrected chi connectivity index (χ3v) is 5.21. The molecule has 0 aromatic carbocycles. The topological polar surface area (TPSA) is 78.9 Å². The first-order valence-corrected chi connectivity index (χ1v) is 9.74. The summed E-state index contributed by atoms with van der Waals surface area (Å²) in [6, 6.07) is 0.309. The first kappa shape index (κ1) is 19.5. The van der Waals surface area contributed by atoms with E-state index in [4.69, 9.17) is 4.74 Å². The Labute approximate surface area is 153 Å². The normalized spacial score (nSPS) is 16.0. The highest BCUT2D eigenvalue weighted by molar-refractivity contribution is 7.11. The van der Waals surface area contributed by atoms with Gasteiger partial charge in [0.25, 0.3) is 0 Å². The second-order valence-electron chi connectivity index (χ2n) is 6.05. The summed E-state index contributed by atoms with van der Waals surface area (Å²) in [5, 5.41) is 7.80. The largest absolute Gasteiger partial charge is 0.450 e. The Morgan fingerprint density at radius 1 is 1.36 bits per heavy atom. The molecule has 1 aromatic heterocycles. The number of amides is 1. The summed E-state index contributed by atoms with van der Waals surface area (Å²) in [7, 11) is 0. The highest BCUT2D eigenvalue weighted by Gasteiger charge is 2.24. The van der Waals surface area contributed by atoms with Crippen LogP contribution in [0, 0.1) is 13.8 Å². The number of thiazole rings is 1. The second-order valence-corrected chi connectivity index (χ2v) is 7.34. The summed E-state index contributed by atoms with van der Waals surface area (Å²) in [4.78, 5) is 24.0. The lowest BCUT2D eigenvalue weighted by Crippen LogP contribution is -2.49. The number of likely N-dealkylation sites (tertiary alicyclic amines) is 1. The maximum Gasteiger partial charge on any atom is 0.409 e. The molecule has 0 spiro atoms. The summed E-state index contributed by atoms with van der Waals surface area (Å²) in [6.45, 7) is 11.2. The molecule has 25 heavy (non-hydrogen) atoms. The maximum atomic E-state index is 11.8. The lowest BCUT2D eigenvalue weighted by molar-refractivity contribution is 0.0963. The van der Waals surface area contributed by atoms with E-state index in [0.717, 1.165) is 36.0 Å². The Bertz CT molecular complexity index is 574. The Morgan fingerprint density at radius 2 is 2.08 bits per heavy atom. The molecule has 1 aliphatic heterocycles. The van der Waals surface area contributed by atoms with Crippen LogP contribution in [0.5, 0.6) is 0 Å². The number of hydrogen-bond acceptors (Lipinski definition) is 5. The number of nitrogens with one attached hydrogen (secondary N) is 2. The predicted molar refractivity (Wildman–Crippen MR) is 101 cm³/mol. The van der Waals surface area contributed by atoms with Crippen molar-refractivity contribution < 1.29 is 9.53 Å². The maximum absolute atomic E-state index is 11.8. The minimum Gasteiger partial charge on any atom is -0.450 e. The van der Waals surface area contributed by atoms with Crippen LogP contribution in [0.25, 0.3) is 0 Å². The molecule has 2 heterocycles. The zero-order valence-electron chi connectivity index (χ0n) is 15.6. The number of aliphatic imine (C=N–C) groups is 1. The number of rotatable bonds is 5. The van der Waals surface area contributed by atoms with E-state index in [0.29, 0.717) is 32.3 Å². The fraction of sp³-hybridized carbons (Fsp3) is 0.706. The first-order valence-electron chi connectivity index (χ1n) is 8.92. The molecule has 0 atom stereocenters. The van der Waals surface area contributed by atoms with Gasteiger partial charge in [0.05, 0.1) is 18.8 Å². The van der Waals surface area contributed by atoms with Crippen LogP contribution in [0.15, 0.2) is 4.99 Å². The molecule has 7 nitrogen and oxygen atoms in total. The van der Waals surface area contributed by atoms with Gasteiger partial charge in [-0.3, -0.25) is 0 Å². The van der Waals surface area contributed by atoms with E-state index in [1.54, 1.807) is 16.2 Å². The van der Waals surface area contributed by atoms with Crippen LogP contribution in [0.4, 0.5) is 4.79 Å². The molecule has 1 aromatic rings. The minimum absolute atomic E-state index is 0.212. The number of carbonyl (C=O) groups is 1. The van der Waals surface area contributed by atoms with Crippen LogP contribution in [0.3, 0.4) is 0 Å². The van der Waals surface area contributed by atoms with Crippen LogP contribution in [0.1, 0.15) is 42.3 Å². The Morgan fingerprint density at radius 3 is 2.64 bits per heavy atom. The first-order chi connectivity index (χ1) is 12.0. The van der Waals surface area contributed by atoms with E-state index >= 15 is 0 Å². The molecule has 0 unspecified atom stereocenters. The summed E-state index contributed by atoms with van der Waals surface area (Å²) >= 11 is 1.70. The van der Waals surface area contributed by atoms with Crippen LogP contribution in [0.2, 0.25) is 0 Å². The van der Waals surface area contributed by atoms with E-state index in [1.165, 1.54) is 4.88 Å². The molecular formula is C17H29N5O2S. The van der Waals surface area contributed by atoms with Crippen LogP contribution < -0.4 is 10.6 Å². The van der Waals surface area contributed by atoms with Crippen molar-refractivity contribution in [3.8, 4) is 0 Å². The molecule has 2 rings (SSSR count). The Kier molecular flexibility index (Phi) is 7.49. The molecule has 1 saturated heterocycles. The monoisotopic (exact) mass is 367 g/mol. The van der Waals surface area contributed by atoms with Gasteiger partial charge >= 0.3 is 6.09 Å². The molecule has 140 valence electrons. The van der Waals surface area contributed by atoms with Crippen molar-refractivity contribution in [2.45, 2.75) is 53.1 Å². The lowest BCUT2D eigenvalue weighted by Gasteiger charge is -2.32. The fourth-order valence-electron chi connectivity index (χ4n) is 2.69. The molecule has 0 bridgehead atoms. The second kappa shape index (κ2) is 9.60. The van der Waals surface area contributed by atoms with Gasteiger partial charge in [-0.25, -0.2) is 14.8 Å². The Balaban J connectivity index is 1.87. The highest BCUT2D eigenvalue weighted by atomic mass is 32.1. The number of guanidine groups is 1. The molecule has 0 aliphatic carbocycles. The predicted octanol–water partition coefficient (Wildman–Crippen LogP) is 2.44. The lowest BCUT2D eigenvalue weighted by atomic mass is 10.1. The van der Waals surface area contributed by atoms with Gasteiger partial charge < -0.3 is 20.3 Å². The Hall–Kier alpha value is -1.83. The average Bonchev–Trinajstić information content (AvgIpc) is 2.92. The van der Waals surface area contributed by atoms with Crippen LogP contribution in [-0.2, 0) is 11.3 Å². The van der Waals surface area contributed by atoms with Gasteiger partial charge in [-0.1, -0.05) is 0 Å². The molecule has 0 saturated carbocycles. The summed E-state index contributed by atoms with van der Waals surface area (Å²) in [6.07, 6.45) is 1.56. The summed E-state index contributed by atoms with van der Waals surface area (Å²) in [5.74, 6) is 0.808. The van der Waals surface area contributed by atoms with Crippen LogP contribution >= 0.6 is 11.3 Å². The zero-order chi connectivity index (χ0) is 18.2. The van der Waals surface area contributed by atoms with Gasteiger partial charge in [-0.2, -0.15) is 0 Å². The van der Waals surface area contributed by atoms with Crippen molar-refractivity contribution in [1.29, 1.82) is 0 Å². The molecular weight excluding hydrogens is 338 g/mol. The number of hydrogen-bond donors (Lipinski definition) is 2. The van der Waals surface area contributed by atoms with Gasteiger partial charge in [0.1, 0.15) is 5.01 Å². The van der Waals surface area contributed by atoms with Gasteiger partial charge in [0.15, 0.2) is 5.96 Å².